The Morgan fingerprint density at radius 2 is 0.938 bits per heavy atom. The zero-order valence-electron chi connectivity index (χ0n) is 56.3. The van der Waals surface area contributed by atoms with Crippen LogP contribution in [0.25, 0.3) is 0 Å². The fourth-order valence-corrected chi connectivity index (χ4v) is 9.97. The molecule has 96 heavy (non-hydrogen) atoms. The summed E-state index contributed by atoms with van der Waals surface area (Å²) in [4.78, 5) is 175. The minimum Gasteiger partial charge on any atom is -0.480 e. The Kier molecular flexibility index (Phi) is 39.2. The maximum absolute atomic E-state index is 14.5. The molecule has 0 unspecified atom stereocenters. The average Bonchev–Trinajstić information content (AvgIpc) is 1.17. The molecule has 538 valence electrons. The zero-order valence-corrected chi connectivity index (χ0v) is 57.2. The summed E-state index contributed by atoms with van der Waals surface area (Å²) in [5.41, 5.74) is 29.4. The highest BCUT2D eigenvalue weighted by atomic mass is 32.2. The summed E-state index contributed by atoms with van der Waals surface area (Å²) in [6.45, 7) is 10.6. The fourth-order valence-electron chi connectivity index (χ4n) is 9.48. The number of carbonyl (C=O) groups is 12. The second-order valence-corrected chi connectivity index (χ2v) is 24.7. The van der Waals surface area contributed by atoms with Crippen molar-refractivity contribution >= 4 is 88.7 Å². The number of imidazole rings is 1. The Morgan fingerprint density at radius 3 is 1.42 bits per heavy atom. The molecule has 0 radical (unpaired) electrons. The van der Waals surface area contributed by atoms with Gasteiger partial charge in [-0.25, -0.2) is 9.78 Å². The van der Waals surface area contributed by atoms with Crippen molar-refractivity contribution in [2.24, 2.45) is 45.5 Å². The third kappa shape index (κ3) is 30.5. The van der Waals surface area contributed by atoms with Crippen molar-refractivity contribution in [3.8, 4) is 0 Å². The lowest BCUT2D eigenvalue weighted by Gasteiger charge is -2.31. The molecule has 0 aliphatic carbocycles. The number of rotatable bonds is 47. The average molecular weight is 1370 g/mol. The second-order valence-electron chi connectivity index (χ2n) is 23.7. The third-order valence-corrected chi connectivity index (χ3v) is 16.5. The van der Waals surface area contributed by atoms with Crippen LogP contribution in [0.1, 0.15) is 130 Å². The van der Waals surface area contributed by atoms with Crippen molar-refractivity contribution in [1.82, 2.24) is 68.5 Å². The van der Waals surface area contributed by atoms with E-state index in [0.717, 1.165) is 0 Å². The molecular formula is C62H105N19O14S. The van der Waals surface area contributed by atoms with E-state index in [1.165, 1.54) is 45.1 Å². The summed E-state index contributed by atoms with van der Waals surface area (Å²) in [5, 5.41) is 48.4. The van der Waals surface area contributed by atoms with Crippen LogP contribution in [0.5, 0.6) is 0 Å². The van der Waals surface area contributed by atoms with Crippen molar-refractivity contribution in [2.45, 2.75) is 204 Å². The summed E-state index contributed by atoms with van der Waals surface area (Å²) in [7, 11) is 0. The minimum atomic E-state index is -1.71. The zero-order chi connectivity index (χ0) is 72.0. The number of nitrogens with zero attached hydrogens (tertiary/aromatic N) is 2. The Hall–Kier alpha value is -8.47. The number of hydrogen-bond acceptors (Lipinski definition) is 19. The number of carboxylic acids is 1. The molecule has 34 heteroatoms. The number of thioether (sulfide) groups is 1. The summed E-state index contributed by atoms with van der Waals surface area (Å²) in [6.07, 6.45) is 7.45. The van der Waals surface area contributed by atoms with Gasteiger partial charge in [-0.05, 0) is 121 Å². The molecule has 0 bridgehead atoms. The molecule has 14 atom stereocenters. The van der Waals surface area contributed by atoms with E-state index in [0.29, 0.717) is 68.5 Å². The van der Waals surface area contributed by atoms with Crippen LogP contribution in [-0.4, -0.2) is 208 Å². The van der Waals surface area contributed by atoms with Crippen molar-refractivity contribution in [1.29, 1.82) is 0 Å². The number of aromatic nitrogens is 2. The number of guanidine groups is 1. The van der Waals surface area contributed by atoms with Crippen LogP contribution in [-0.2, 0) is 70.4 Å². The van der Waals surface area contributed by atoms with Gasteiger partial charge in [-0.1, -0.05) is 70.9 Å². The molecule has 11 amide bonds. The van der Waals surface area contributed by atoms with Gasteiger partial charge in [-0.15, -0.1) is 0 Å². The molecule has 0 spiro atoms. The molecule has 0 aliphatic rings. The van der Waals surface area contributed by atoms with Crippen LogP contribution in [0.15, 0.2) is 47.8 Å². The smallest absolute Gasteiger partial charge is 0.326 e. The number of H-pyrrole nitrogens is 1. The topological polar surface area (TPSA) is 549 Å². The largest absolute Gasteiger partial charge is 0.480 e. The van der Waals surface area contributed by atoms with Gasteiger partial charge in [-0.2, -0.15) is 11.8 Å². The van der Waals surface area contributed by atoms with E-state index in [9.17, 15) is 67.7 Å². The normalized spacial score (nSPS) is 15.5. The van der Waals surface area contributed by atoms with Gasteiger partial charge in [0.2, 0.25) is 65.0 Å². The van der Waals surface area contributed by atoms with Gasteiger partial charge in [0.1, 0.15) is 66.5 Å². The van der Waals surface area contributed by atoms with E-state index in [1.807, 2.05) is 20.1 Å². The number of aromatic amines is 1. The number of aliphatic hydroxyl groups is 1. The SMILES string of the molecule is CC[C@H](C)[C@H](NC(=O)[C@@H](NC(=O)[C@@H](N)CCSC)[C@@H](C)CC)C(=O)N[C@@H](Cc1ccccc1)C(=O)N[C@@H](CCCN=C(N)N)C(=O)N[C@@H](C)C(=O)N[C@@H](C)C(=O)N[C@@H](C)C(=O)N[C@@H](CO)C(=O)N[C@@H](Cc1cnc[nH]1)C(=O)N[C@@H](CCCCN)C(=O)N[C@@H](CCCCN)C(=O)O. The van der Waals surface area contributed by atoms with Gasteiger partial charge in [0.05, 0.1) is 19.0 Å². The van der Waals surface area contributed by atoms with E-state index in [-0.39, 0.29) is 63.5 Å². The van der Waals surface area contributed by atoms with Gasteiger partial charge in [-0.3, -0.25) is 57.7 Å². The number of aliphatic hydroxyl groups excluding tert-OH is 1. The number of aliphatic carboxylic acids is 1. The molecule has 0 fully saturated rings. The van der Waals surface area contributed by atoms with E-state index in [2.05, 4.69) is 73.4 Å². The predicted octanol–water partition coefficient (Wildman–Crippen LogP) is -3.85. The maximum atomic E-state index is 14.5. The van der Waals surface area contributed by atoms with Crippen LogP contribution in [0.4, 0.5) is 0 Å². The molecule has 2 aromatic rings. The van der Waals surface area contributed by atoms with E-state index in [1.54, 1.807) is 44.2 Å². The van der Waals surface area contributed by atoms with Crippen LogP contribution < -0.4 is 87.2 Å². The summed E-state index contributed by atoms with van der Waals surface area (Å²) in [5.74, 6) is -10.8. The van der Waals surface area contributed by atoms with Gasteiger partial charge in [0.25, 0.3) is 0 Å². The number of unbranched alkanes of at least 4 members (excludes halogenated alkanes) is 2. The highest BCUT2D eigenvalue weighted by molar-refractivity contribution is 7.98. The first-order chi connectivity index (χ1) is 45.5. The van der Waals surface area contributed by atoms with Crippen molar-refractivity contribution in [3.63, 3.8) is 0 Å². The Morgan fingerprint density at radius 1 is 0.521 bits per heavy atom. The predicted molar refractivity (Wildman–Crippen MR) is 361 cm³/mol. The second kappa shape index (κ2) is 45.1. The molecule has 24 N–H and O–H groups in total. The van der Waals surface area contributed by atoms with E-state index >= 15 is 0 Å². The fraction of sp³-hybridized carbons (Fsp3) is 0.645. The first-order valence-electron chi connectivity index (χ1n) is 32.4. The van der Waals surface area contributed by atoms with E-state index in [4.69, 9.17) is 28.7 Å². The van der Waals surface area contributed by atoms with Crippen LogP contribution in [0.3, 0.4) is 0 Å². The number of aliphatic imine (C=N–C) groups is 1. The quantitative estimate of drug-likeness (QED) is 0.0171. The van der Waals surface area contributed by atoms with Crippen LogP contribution >= 0.6 is 11.8 Å². The molecular weight excluding hydrogens is 1270 g/mol. The van der Waals surface area contributed by atoms with Gasteiger partial charge < -0.3 is 102 Å². The highest BCUT2D eigenvalue weighted by Crippen LogP contribution is 2.16. The monoisotopic (exact) mass is 1370 g/mol. The summed E-state index contributed by atoms with van der Waals surface area (Å²) < 4.78 is 0. The number of hydrogen-bond donors (Lipinski definition) is 19. The number of amides is 11. The van der Waals surface area contributed by atoms with Crippen molar-refractivity contribution in [2.75, 3.05) is 38.2 Å². The molecule has 0 saturated heterocycles. The molecule has 0 saturated carbocycles. The number of benzene rings is 1. The first-order valence-corrected chi connectivity index (χ1v) is 33.8. The minimum absolute atomic E-state index is 0.0275. The van der Waals surface area contributed by atoms with Gasteiger partial charge in [0.15, 0.2) is 5.96 Å². The number of carboxylic acid groups (broad SMARTS) is 1. The third-order valence-electron chi connectivity index (χ3n) is 15.9. The number of nitrogens with two attached hydrogens (primary N) is 5. The first kappa shape index (κ1) is 83.6. The summed E-state index contributed by atoms with van der Waals surface area (Å²) in [6, 6.07) is -7.08. The summed E-state index contributed by atoms with van der Waals surface area (Å²) >= 11 is 1.52. The lowest BCUT2D eigenvalue weighted by Crippen LogP contribution is -2.61. The highest BCUT2D eigenvalue weighted by Gasteiger charge is 2.37. The lowest BCUT2D eigenvalue weighted by atomic mass is 9.94. The Balaban J connectivity index is 2.29. The van der Waals surface area contributed by atoms with E-state index < -0.39 is 156 Å². The van der Waals surface area contributed by atoms with Crippen molar-refractivity contribution < 1.29 is 67.7 Å². The molecule has 1 aromatic carbocycles. The van der Waals surface area contributed by atoms with Gasteiger partial charge in [0, 0.05) is 31.3 Å². The Bertz CT molecular complexity index is 2840. The van der Waals surface area contributed by atoms with Crippen LogP contribution in [0, 0.1) is 11.8 Å². The van der Waals surface area contributed by atoms with Crippen molar-refractivity contribution in [3.05, 3.63) is 54.1 Å². The lowest BCUT2D eigenvalue weighted by molar-refractivity contribution is -0.142. The Labute approximate surface area is 565 Å². The van der Waals surface area contributed by atoms with Crippen LogP contribution in [0.2, 0.25) is 0 Å². The molecule has 2 rings (SSSR count). The number of nitrogens with one attached hydrogen (secondary N) is 12. The molecule has 1 aromatic heterocycles. The van der Waals surface area contributed by atoms with Gasteiger partial charge >= 0.3 is 5.97 Å². The molecule has 33 nitrogen and oxygen atoms in total. The maximum Gasteiger partial charge on any atom is 0.326 e. The standard InChI is InChI=1S/C62H105N19O14S/c1-9-34(3)48(81-60(93)49(35(4)10-2)80-53(86)41(65)24-28-96-8)59(92)78-45(29-39-19-12-11-13-20-39)56(89)75-43(23-18-27-69-62(66)67)54(87)73-37(6)51(84)71-36(5)50(83)72-38(7)52(85)79-47(32-82)58(91)77-46(30-40-31-68-33-70-40)57(90)74-42(21-14-16-25-63)55(88)76-44(61(94)95)22-15-17-26-64/h11-13,19-20,31,33-38,41-49,82H,9-10,14-18,21-30,32,63-65H2,1-8H3,(H,68,70)(H,71,84)(H,72,83)(H,73,87)(H,74,90)(H,75,89)(H,76,88)(H,77,91)(H,78,92)(H,79,85)(H,80,86)(H,81,93)(H,94,95)(H4,66,67,69)/t34-,35-,36-,37-,38-,41-,42-,43-,44-,45-,46-,47-,48-,49-/m0/s1. The molecule has 0 aliphatic heterocycles. The molecule has 1 heterocycles. The number of carbonyl (C=O) groups excluding carboxylic acids is 11.